The van der Waals surface area contributed by atoms with Crippen LogP contribution in [0.25, 0.3) is 0 Å². The molecule has 2 aromatic carbocycles. The van der Waals surface area contributed by atoms with E-state index in [4.69, 9.17) is 26.8 Å². The maximum atomic E-state index is 6.60. The first-order valence-electron chi connectivity index (χ1n) is 9.52. The molecule has 0 saturated carbocycles. The summed E-state index contributed by atoms with van der Waals surface area (Å²) in [4.78, 5) is 5.35. The van der Waals surface area contributed by atoms with E-state index in [0.717, 1.165) is 27.8 Å². The molecule has 1 aromatic heterocycles. The van der Waals surface area contributed by atoms with Gasteiger partial charge < -0.3 is 15.2 Å². The molecule has 0 spiro atoms. The Morgan fingerprint density at radius 3 is 2.62 bits per heavy atom. The molecule has 5 nitrogen and oxygen atoms in total. The molecule has 0 radical (unpaired) electrons. The lowest BCUT2D eigenvalue weighted by Gasteiger charge is -2.31. The van der Waals surface area contributed by atoms with Crippen LogP contribution in [0.4, 0.5) is 5.69 Å². The van der Waals surface area contributed by atoms with Crippen LogP contribution in [0.2, 0.25) is 5.02 Å². The number of hydrogen-bond donors (Lipinski definition) is 1. The van der Waals surface area contributed by atoms with Crippen LogP contribution < -0.4 is 5.73 Å². The van der Waals surface area contributed by atoms with Crippen molar-refractivity contribution in [3.63, 3.8) is 0 Å². The topological polar surface area (TPSA) is 62.3 Å². The molecule has 0 aliphatic carbocycles. The normalized spacial score (nSPS) is 24.1. The van der Waals surface area contributed by atoms with Gasteiger partial charge in [0.15, 0.2) is 0 Å². The lowest BCUT2D eigenvalue weighted by atomic mass is 10.1. The molecule has 2 atom stereocenters. The minimum Gasteiger partial charge on any atom is -0.399 e. The zero-order chi connectivity index (χ0) is 20.3. The standard InChI is InChI=1S/C22H24ClN3O2S/c1-21(15-29-20-8-6-19(24)7-9-20)14-27-22(28-21,26-13-12-25-16-26)11-10-17-2-4-18(23)5-3-17/h2-9,12-13,16H,10-11,14-15,24H2,1H3. The van der Waals surface area contributed by atoms with Gasteiger partial charge in [-0.25, -0.2) is 4.98 Å². The zero-order valence-electron chi connectivity index (χ0n) is 16.3. The van der Waals surface area contributed by atoms with Crippen LogP contribution in [0.5, 0.6) is 0 Å². The van der Waals surface area contributed by atoms with E-state index in [2.05, 4.69) is 11.9 Å². The molecular formula is C22H24ClN3O2S. The van der Waals surface area contributed by atoms with Crippen LogP contribution in [0.3, 0.4) is 0 Å². The quantitative estimate of drug-likeness (QED) is 0.425. The summed E-state index contributed by atoms with van der Waals surface area (Å²) < 4.78 is 14.8. The van der Waals surface area contributed by atoms with Crippen molar-refractivity contribution in [1.82, 2.24) is 9.55 Å². The van der Waals surface area contributed by atoms with Crippen molar-refractivity contribution in [1.29, 1.82) is 0 Å². The monoisotopic (exact) mass is 429 g/mol. The molecule has 0 amide bonds. The highest BCUT2D eigenvalue weighted by Crippen LogP contribution is 2.41. The van der Waals surface area contributed by atoms with Crippen molar-refractivity contribution in [3.05, 3.63) is 77.8 Å². The summed E-state index contributed by atoms with van der Waals surface area (Å²) in [5.41, 5.74) is 7.31. The summed E-state index contributed by atoms with van der Waals surface area (Å²) in [5.74, 6) is -0.0964. The van der Waals surface area contributed by atoms with E-state index >= 15 is 0 Å². The number of nitrogens with zero attached hydrogens (tertiary/aromatic N) is 2. The number of hydrogen-bond acceptors (Lipinski definition) is 5. The van der Waals surface area contributed by atoms with Gasteiger partial charge in [0, 0.05) is 40.2 Å². The van der Waals surface area contributed by atoms with Gasteiger partial charge >= 0.3 is 0 Å². The van der Waals surface area contributed by atoms with Gasteiger partial charge in [0.1, 0.15) is 5.60 Å². The number of nitrogen functional groups attached to an aromatic ring is 1. The van der Waals surface area contributed by atoms with Crippen molar-refractivity contribution >= 4 is 29.1 Å². The molecular weight excluding hydrogens is 406 g/mol. The molecule has 1 fully saturated rings. The average Bonchev–Trinajstić information content (AvgIpc) is 3.37. The highest BCUT2D eigenvalue weighted by atomic mass is 35.5. The Kier molecular flexibility index (Phi) is 5.88. The zero-order valence-corrected chi connectivity index (χ0v) is 17.8. The Hall–Kier alpha value is -1.99. The highest BCUT2D eigenvalue weighted by Gasteiger charge is 2.49. The molecule has 0 bridgehead atoms. The number of aryl methyl sites for hydroxylation is 1. The van der Waals surface area contributed by atoms with Crippen molar-refractivity contribution in [2.45, 2.75) is 36.2 Å². The van der Waals surface area contributed by atoms with Crippen LogP contribution in [-0.2, 0) is 21.8 Å². The van der Waals surface area contributed by atoms with Gasteiger partial charge in [0.25, 0.3) is 5.91 Å². The number of rotatable bonds is 7. The highest BCUT2D eigenvalue weighted by molar-refractivity contribution is 7.99. The maximum Gasteiger partial charge on any atom is 0.257 e. The smallest absolute Gasteiger partial charge is 0.257 e. The third kappa shape index (κ3) is 4.78. The number of benzene rings is 2. The second-order valence-electron chi connectivity index (χ2n) is 7.51. The number of halogens is 1. The summed E-state index contributed by atoms with van der Waals surface area (Å²) in [6.45, 7) is 2.60. The first-order valence-corrected chi connectivity index (χ1v) is 10.9. The lowest BCUT2D eigenvalue weighted by molar-refractivity contribution is -0.247. The number of thioether (sulfide) groups is 1. The molecule has 152 valence electrons. The molecule has 3 aromatic rings. The predicted molar refractivity (Wildman–Crippen MR) is 117 cm³/mol. The molecule has 1 saturated heterocycles. The van der Waals surface area contributed by atoms with E-state index in [-0.39, 0.29) is 0 Å². The Morgan fingerprint density at radius 2 is 1.93 bits per heavy atom. The molecule has 1 aliphatic rings. The summed E-state index contributed by atoms with van der Waals surface area (Å²) in [5, 5.41) is 0.735. The van der Waals surface area contributed by atoms with Crippen molar-refractivity contribution in [2.24, 2.45) is 0 Å². The Bertz CT molecular complexity index is 934. The largest absolute Gasteiger partial charge is 0.399 e. The van der Waals surface area contributed by atoms with Crippen molar-refractivity contribution in [3.8, 4) is 0 Å². The summed E-state index contributed by atoms with van der Waals surface area (Å²) in [6.07, 6.45) is 6.86. The summed E-state index contributed by atoms with van der Waals surface area (Å²) in [7, 11) is 0. The number of ether oxygens (including phenoxy) is 2. The van der Waals surface area contributed by atoms with Crippen LogP contribution in [-0.4, -0.2) is 27.5 Å². The first kappa shape index (κ1) is 20.3. The minimum atomic E-state index is -0.868. The lowest BCUT2D eigenvalue weighted by Crippen LogP contribution is -2.39. The molecule has 29 heavy (non-hydrogen) atoms. The third-order valence-corrected chi connectivity index (χ3v) is 6.59. The Balaban J connectivity index is 1.47. The van der Waals surface area contributed by atoms with Crippen LogP contribution in [0.1, 0.15) is 18.9 Å². The molecule has 2 N–H and O–H groups in total. The fraction of sp³-hybridized carbons (Fsp3) is 0.318. The average molecular weight is 430 g/mol. The predicted octanol–water partition coefficient (Wildman–Crippen LogP) is 4.96. The van der Waals surface area contributed by atoms with Gasteiger partial charge in [0.2, 0.25) is 0 Å². The minimum absolute atomic E-state index is 0.420. The van der Waals surface area contributed by atoms with E-state index in [1.807, 2.05) is 59.3 Å². The number of anilines is 1. The van der Waals surface area contributed by atoms with Gasteiger partial charge in [-0.1, -0.05) is 23.7 Å². The fourth-order valence-corrected chi connectivity index (χ4v) is 4.44. The van der Waals surface area contributed by atoms with Gasteiger partial charge in [0.05, 0.1) is 12.9 Å². The van der Waals surface area contributed by atoms with Gasteiger partial charge in [-0.3, -0.25) is 4.57 Å². The number of nitrogens with two attached hydrogens (primary N) is 1. The molecule has 2 heterocycles. The SMILES string of the molecule is CC1(CSc2ccc(N)cc2)COC(CCc2ccc(Cl)cc2)(n2ccnc2)O1. The van der Waals surface area contributed by atoms with Gasteiger partial charge in [-0.2, -0.15) is 0 Å². The fourth-order valence-electron chi connectivity index (χ4n) is 3.37. The van der Waals surface area contributed by atoms with E-state index < -0.39 is 11.5 Å². The summed E-state index contributed by atoms with van der Waals surface area (Å²) >= 11 is 7.75. The van der Waals surface area contributed by atoms with E-state index in [1.54, 1.807) is 24.3 Å². The Labute approximate surface area is 180 Å². The summed E-state index contributed by atoms with van der Waals surface area (Å²) in [6, 6.07) is 15.8. The van der Waals surface area contributed by atoms with Crippen LogP contribution in [0, 0.1) is 0 Å². The Morgan fingerprint density at radius 1 is 1.17 bits per heavy atom. The number of aromatic nitrogens is 2. The molecule has 4 rings (SSSR count). The van der Waals surface area contributed by atoms with Crippen LogP contribution in [0.15, 0.2) is 72.1 Å². The van der Waals surface area contributed by atoms with E-state index in [9.17, 15) is 0 Å². The first-order chi connectivity index (χ1) is 14.0. The molecule has 1 aliphatic heterocycles. The maximum absolute atomic E-state index is 6.60. The third-order valence-electron chi connectivity index (χ3n) is 4.97. The second kappa shape index (κ2) is 8.40. The molecule has 2 unspecified atom stereocenters. The van der Waals surface area contributed by atoms with Crippen molar-refractivity contribution in [2.75, 3.05) is 18.1 Å². The van der Waals surface area contributed by atoms with E-state index in [0.29, 0.717) is 13.0 Å². The van der Waals surface area contributed by atoms with Gasteiger partial charge in [-0.05, 0) is 55.3 Å². The number of imidazole rings is 1. The van der Waals surface area contributed by atoms with Crippen molar-refractivity contribution < 1.29 is 9.47 Å². The molecule has 7 heteroatoms. The van der Waals surface area contributed by atoms with E-state index in [1.165, 1.54) is 5.56 Å². The second-order valence-corrected chi connectivity index (χ2v) is 8.99. The van der Waals surface area contributed by atoms with Crippen LogP contribution >= 0.6 is 23.4 Å². The van der Waals surface area contributed by atoms with Gasteiger partial charge in [-0.15, -0.1) is 11.8 Å².